The number of carbonyl (C=O) groups is 1. The SMILES string of the molecule is COC(=O)C[C@@](C)(N)c1ccccc1F. The Bertz CT molecular complexity index is 363. The van der Waals surface area contributed by atoms with E-state index in [1.165, 1.54) is 13.2 Å². The van der Waals surface area contributed by atoms with E-state index >= 15 is 0 Å². The summed E-state index contributed by atoms with van der Waals surface area (Å²) in [5.41, 5.74) is 5.15. The van der Waals surface area contributed by atoms with Gasteiger partial charge in [0.15, 0.2) is 0 Å². The average molecular weight is 211 g/mol. The molecule has 0 heterocycles. The van der Waals surface area contributed by atoms with Gasteiger partial charge in [-0.05, 0) is 13.0 Å². The number of rotatable bonds is 3. The van der Waals surface area contributed by atoms with Crippen molar-refractivity contribution in [2.75, 3.05) is 7.11 Å². The van der Waals surface area contributed by atoms with Gasteiger partial charge in [0.2, 0.25) is 0 Å². The topological polar surface area (TPSA) is 52.3 Å². The van der Waals surface area contributed by atoms with Crippen molar-refractivity contribution in [3.05, 3.63) is 35.6 Å². The van der Waals surface area contributed by atoms with Crippen molar-refractivity contribution in [3.8, 4) is 0 Å². The summed E-state index contributed by atoms with van der Waals surface area (Å²) in [5.74, 6) is -0.866. The van der Waals surface area contributed by atoms with E-state index in [0.717, 1.165) is 0 Å². The molecule has 3 nitrogen and oxygen atoms in total. The average Bonchev–Trinajstić information content (AvgIpc) is 2.17. The van der Waals surface area contributed by atoms with Crippen molar-refractivity contribution < 1.29 is 13.9 Å². The zero-order valence-corrected chi connectivity index (χ0v) is 8.79. The number of ether oxygens (including phenoxy) is 1. The number of carbonyl (C=O) groups excluding carboxylic acids is 1. The van der Waals surface area contributed by atoms with Gasteiger partial charge in [-0.1, -0.05) is 18.2 Å². The van der Waals surface area contributed by atoms with Crippen LogP contribution in [0.25, 0.3) is 0 Å². The van der Waals surface area contributed by atoms with Crippen molar-refractivity contribution in [1.82, 2.24) is 0 Å². The van der Waals surface area contributed by atoms with E-state index in [9.17, 15) is 9.18 Å². The Balaban J connectivity index is 2.95. The predicted molar refractivity (Wildman–Crippen MR) is 54.6 cm³/mol. The maximum atomic E-state index is 13.4. The first kappa shape index (κ1) is 11.7. The molecule has 1 aromatic carbocycles. The van der Waals surface area contributed by atoms with Crippen molar-refractivity contribution in [3.63, 3.8) is 0 Å². The second kappa shape index (κ2) is 4.40. The number of hydrogen-bond acceptors (Lipinski definition) is 3. The van der Waals surface area contributed by atoms with Crippen LogP contribution in [-0.4, -0.2) is 13.1 Å². The first-order valence-electron chi connectivity index (χ1n) is 4.58. The molecule has 0 saturated carbocycles. The fourth-order valence-electron chi connectivity index (χ4n) is 1.39. The highest BCUT2D eigenvalue weighted by atomic mass is 19.1. The molecule has 0 aliphatic heterocycles. The third-order valence-corrected chi connectivity index (χ3v) is 2.23. The van der Waals surface area contributed by atoms with Gasteiger partial charge in [0.25, 0.3) is 0 Å². The lowest BCUT2D eigenvalue weighted by atomic mass is 9.89. The molecule has 0 unspecified atom stereocenters. The van der Waals surface area contributed by atoms with Gasteiger partial charge >= 0.3 is 5.97 Å². The minimum atomic E-state index is -1.04. The van der Waals surface area contributed by atoms with Crippen LogP contribution in [0.15, 0.2) is 24.3 Å². The fourth-order valence-corrected chi connectivity index (χ4v) is 1.39. The highest BCUT2D eigenvalue weighted by Crippen LogP contribution is 2.24. The number of halogens is 1. The van der Waals surface area contributed by atoms with Crippen molar-refractivity contribution in [2.24, 2.45) is 5.73 Å². The van der Waals surface area contributed by atoms with Crippen LogP contribution in [-0.2, 0) is 15.1 Å². The highest BCUT2D eigenvalue weighted by molar-refractivity contribution is 5.71. The minimum absolute atomic E-state index is 0.0512. The van der Waals surface area contributed by atoms with E-state index < -0.39 is 17.3 Å². The van der Waals surface area contributed by atoms with Gasteiger partial charge in [-0.2, -0.15) is 0 Å². The predicted octanol–water partition coefficient (Wildman–Crippen LogP) is 1.56. The number of hydrogen-bond donors (Lipinski definition) is 1. The summed E-state index contributed by atoms with van der Waals surface area (Å²) in [4.78, 5) is 11.1. The smallest absolute Gasteiger partial charge is 0.307 e. The van der Waals surface area contributed by atoms with Crippen molar-refractivity contribution >= 4 is 5.97 Å². The molecule has 2 N–H and O–H groups in total. The van der Waals surface area contributed by atoms with Gasteiger partial charge in [-0.25, -0.2) is 4.39 Å². The molecule has 0 aromatic heterocycles. The summed E-state index contributed by atoms with van der Waals surface area (Å²) in [5, 5.41) is 0. The molecule has 1 atom stereocenters. The molecule has 0 fully saturated rings. The minimum Gasteiger partial charge on any atom is -0.469 e. The Morgan fingerprint density at radius 1 is 1.53 bits per heavy atom. The van der Waals surface area contributed by atoms with Gasteiger partial charge in [-0.3, -0.25) is 4.79 Å². The van der Waals surface area contributed by atoms with Crippen LogP contribution in [0.2, 0.25) is 0 Å². The largest absolute Gasteiger partial charge is 0.469 e. The second-order valence-electron chi connectivity index (χ2n) is 3.65. The third kappa shape index (κ3) is 2.76. The molecule has 0 aliphatic carbocycles. The first-order chi connectivity index (χ1) is 6.97. The van der Waals surface area contributed by atoms with Crippen LogP contribution in [0.3, 0.4) is 0 Å². The third-order valence-electron chi connectivity index (χ3n) is 2.23. The molecular formula is C11H14FNO2. The zero-order valence-electron chi connectivity index (χ0n) is 8.79. The molecule has 15 heavy (non-hydrogen) atoms. The molecule has 0 spiro atoms. The van der Waals surface area contributed by atoms with Crippen LogP contribution >= 0.6 is 0 Å². The molecule has 0 saturated heterocycles. The van der Waals surface area contributed by atoms with E-state index in [1.807, 2.05) is 0 Å². The summed E-state index contributed by atoms with van der Waals surface area (Å²) in [6.45, 7) is 1.60. The van der Waals surface area contributed by atoms with Gasteiger partial charge in [0.1, 0.15) is 5.82 Å². The van der Waals surface area contributed by atoms with E-state index in [1.54, 1.807) is 25.1 Å². The summed E-state index contributed by atoms with van der Waals surface area (Å²) in [6.07, 6.45) is -0.0512. The van der Waals surface area contributed by atoms with E-state index in [0.29, 0.717) is 5.56 Å². The molecule has 0 amide bonds. The summed E-state index contributed by atoms with van der Waals surface area (Å²) in [6, 6.07) is 6.14. The maximum Gasteiger partial charge on any atom is 0.307 e. The van der Waals surface area contributed by atoms with Crippen LogP contribution in [0.5, 0.6) is 0 Å². The van der Waals surface area contributed by atoms with Crippen LogP contribution in [0.1, 0.15) is 18.9 Å². The van der Waals surface area contributed by atoms with Gasteiger partial charge in [0.05, 0.1) is 19.1 Å². The normalized spacial score (nSPS) is 14.4. The highest BCUT2D eigenvalue weighted by Gasteiger charge is 2.27. The lowest BCUT2D eigenvalue weighted by Crippen LogP contribution is -2.36. The van der Waals surface area contributed by atoms with E-state index in [2.05, 4.69) is 4.74 Å². The number of methoxy groups -OCH3 is 1. The number of benzene rings is 1. The summed E-state index contributed by atoms with van der Waals surface area (Å²) in [7, 11) is 1.28. The fraction of sp³-hybridized carbons (Fsp3) is 0.364. The lowest BCUT2D eigenvalue weighted by Gasteiger charge is -2.24. The van der Waals surface area contributed by atoms with Crippen LogP contribution in [0, 0.1) is 5.82 Å². The van der Waals surface area contributed by atoms with Gasteiger partial charge < -0.3 is 10.5 Å². The molecule has 0 aliphatic rings. The molecular weight excluding hydrogens is 197 g/mol. The van der Waals surface area contributed by atoms with E-state index in [-0.39, 0.29) is 6.42 Å². The van der Waals surface area contributed by atoms with Crippen LogP contribution in [0.4, 0.5) is 4.39 Å². The molecule has 82 valence electrons. The number of esters is 1. The molecule has 0 bridgehead atoms. The Kier molecular flexibility index (Phi) is 3.42. The molecule has 4 heteroatoms. The standard InChI is InChI=1S/C11H14FNO2/c1-11(13,7-10(14)15-2)8-5-3-4-6-9(8)12/h3-6H,7,13H2,1-2H3/t11-/m1/s1. The Morgan fingerprint density at radius 3 is 2.67 bits per heavy atom. The molecule has 0 radical (unpaired) electrons. The van der Waals surface area contributed by atoms with E-state index in [4.69, 9.17) is 5.73 Å². The van der Waals surface area contributed by atoms with Gasteiger partial charge in [0, 0.05) is 5.56 Å². The van der Waals surface area contributed by atoms with Crippen molar-refractivity contribution in [2.45, 2.75) is 18.9 Å². The quantitative estimate of drug-likeness (QED) is 0.772. The number of nitrogens with two attached hydrogens (primary N) is 1. The van der Waals surface area contributed by atoms with Crippen molar-refractivity contribution in [1.29, 1.82) is 0 Å². The zero-order chi connectivity index (χ0) is 11.5. The Labute approximate surface area is 88.0 Å². The van der Waals surface area contributed by atoms with Gasteiger partial charge in [-0.15, -0.1) is 0 Å². The molecule has 1 aromatic rings. The second-order valence-corrected chi connectivity index (χ2v) is 3.65. The summed E-state index contributed by atoms with van der Waals surface area (Å²) >= 11 is 0. The Hall–Kier alpha value is -1.42. The lowest BCUT2D eigenvalue weighted by molar-refractivity contribution is -0.142. The maximum absolute atomic E-state index is 13.4. The Morgan fingerprint density at radius 2 is 2.13 bits per heavy atom. The monoisotopic (exact) mass is 211 g/mol. The first-order valence-corrected chi connectivity index (χ1v) is 4.58. The van der Waals surface area contributed by atoms with Crippen LogP contribution < -0.4 is 5.73 Å². The summed E-state index contributed by atoms with van der Waals surface area (Å²) < 4.78 is 17.9. The molecule has 1 rings (SSSR count).